The fourth-order valence-electron chi connectivity index (χ4n) is 5.25. The molecular formula is C30H32N4O3. The van der Waals surface area contributed by atoms with Crippen LogP contribution in [0.3, 0.4) is 0 Å². The van der Waals surface area contributed by atoms with Gasteiger partial charge in [-0.1, -0.05) is 60.7 Å². The Kier molecular flexibility index (Phi) is 7.06. The Balaban J connectivity index is 1.27. The van der Waals surface area contributed by atoms with Crippen molar-refractivity contribution < 1.29 is 14.4 Å². The van der Waals surface area contributed by atoms with Crippen LogP contribution in [0.2, 0.25) is 0 Å². The fraction of sp³-hybridized carbons (Fsp3) is 0.300. The molecule has 7 heteroatoms. The van der Waals surface area contributed by atoms with Crippen molar-refractivity contribution in [1.29, 1.82) is 0 Å². The predicted molar refractivity (Wildman–Crippen MR) is 144 cm³/mol. The van der Waals surface area contributed by atoms with Gasteiger partial charge in [0.2, 0.25) is 0 Å². The fourth-order valence-corrected chi connectivity index (χ4v) is 5.25. The van der Waals surface area contributed by atoms with Crippen molar-refractivity contribution in [3.63, 3.8) is 0 Å². The van der Waals surface area contributed by atoms with Gasteiger partial charge in [-0.25, -0.2) is 9.69 Å². The molecule has 190 valence electrons. The number of nitrogens with one attached hydrogen (secondary N) is 1. The van der Waals surface area contributed by atoms with Gasteiger partial charge in [-0.2, -0.15) is 0 Å². The van der Waals surface area contributed by atoms with E-state index in [9.17, 15) is 14.4 Å². The molecule has 1 N–H and O–H groups in total. The van der Waals surface area contributed by atoms with E-state index in [1.54, 1.807) is 6.92 Å². The van der Waals surface area contributed by atoms with Crippen molar-refractivity contribution in [2.75, 3.05) is 37.7 Å². The molecule has 5 rings (SSSR count). The van der Waals surface area contributed by atoms with Crippen molar-refractivity contribution in [1.82, 2.24) is 15.1 Å². The van der Waals surface area contributed by atoms with Gasteiger partial charge in [-0.3, -0.25) is 14.5 Å². The molecule has 2 saturated heterocycles. The molecule has 0 radical (unpaired) electrons. The molecule has 7 nitrogen and oxygen atoms in total. The Morgan fingerprint density at radius 2 is 1.32 bits per heavy atom. The molecule has 2 aliphatic heterocycles. The van der Waals surface area contributed by atoms with E-state index in [0.29, 0.717) is 18.4 Å². The molecule has 0 aliphatic carbocycles. The number of hydrogen-bond acceptors (Lipinski definition) is 5. The summed E-state index contributed by atoms with van der Waals surface area (Å²) < 4.78 is 0. The third kappa shape index (κ3) is 5.42. The van der Waals surface area contributed by atoms with Crippen LogP contribution in [0.5, 0.6) is 0 Å². The number of ketones is 1. The van der Waals surface area contributed by atoms with E-state index >= 15 is 0 Å². The van der Waals surface area contributed by atoms with Gasteiger partial charge in [0, 0.05) is 50.3 Å². The second-order valence-electron chi connectivity index (χ2n) is 9.92. The Labute approximate surface area is 217 Å². The molecule has 2 fully saturated rings. The van der Waals surface area contributed by atoms with E-state index in [1.807, 2.05) is 84.9 Å². The number of Topliss-reactive ketones (excluding diaryl/α,β-unsaturated/α-hetero) is 1. The zero-order chi connectivity index (χ0) is 25.8. The van der Waals surface area contributed by atoms with Crippen molar-refractivity contribution in [3.8, 4) is 0 Å². The van der Waals surface area contributed by atoms with E-state index in [2.05, 4.69) is 15.1 Å². The Morgan fingerprint density at radius 3 is 1.84 bits per heavy atom. The van der Waals surface area contributed by atoms with E-state index in [1.165, 1.54) is 4.90 Å². The second kappa shape index (κ2) is 10.6. The van der Waals surface area contributed by atoms with Gasteiger partial charge in [-0.05, 0) is 42.3 Å². The molecular weight excluding hydrogens is 464 g/mol. The average molecular weight is 497 g/mol. The molecule has 0 spiro atoms. The quantitative estimate of drug-likeness (QED) is 0.380. The van der Waals surface area contributed by atoms with Crippen LogP contribution in [0, 0.1) is 0 Å². The summed E-state index contributed by atoms with van der Waals surface area (Å²) in [5.74, 6) is -0.118. The maximum absolute atomic E-state index is 13.9. The summed E-state index contributed by atoms with van der Waals surface area (Å²) in [6.45, 7) is 4.86. The lowest BCUT2D eigenvalue weighted by atomic mass is 9.84. The number of amides is 3. The van der Waals surface area contributed by atoms with Crippen molar-refractivity contribution in [3.05, 3.63) is 102 Å². The zero-order valence-electron chi connectivity index (χ0n) is 21.1. The van der Waals surface area contributed by atoms with Gasteiger partial charge in [-0.15, -0.1) is 0 Å². The van der Waals surface area contributed by atoms with Gasteiger partial charge in [0.1, 0.15) is 5.54 Å². The Hall–Kier alpha value is -3.97. The summed E-state index contributed by atoms with van der Waals surface area (Å²) in [6, 6.07) is 27.0. The molecule has 0 unspecified atom stereocenters. The van der Waals surface area contributed by atoms with Gasteiger partial charge >= 0.3 is 6.03 Å². The number of imide groups is 1. The van der Waals surface area contributed by atoms with Crippen LogP contribution < -0.4 is 10.2 Å². The largest absolute Gasteiger partial charge is 0.369 e. The zero-order valence-corrected chi connectivity index (χ0v) is 21.1. The highest BCUT2D eigenvalue weighted by Gasteiger charge is 2.51. The number of nitrogens with zero attached hydrogens (tertiary/aromatic N) is 3. The first-order chi connectivity index (χ1) is 17.9. The minimum Gasteiger partial charge on any atom is -0.369 e. The van der Waals surface area contributed by atoms with E-state index < -0.39 is 5.54 Å². The number of benzene rings is 3. The molecule has 2 heterocycles. The topological polar surface area (TPSA) is 73.0 Å². The smallest absolute Gasteiger partial charge is 0.326 e. The van der Waals surface area contributed by atoms with Crippen LogP contribution >= 0.6 is 0 Å². The highest BCUT2D eigenvalue weighted by molar-refractivity contribution is 6.07. The molecule has 37 heavy (non-hydrogen) atoms. The van der Waals surface area contributed by atoms with Gasteiger partial charge in [0.25, 0.3) is 5.91 Å². The molecule has 3 aromatic rings. The van der Waals surface area contributed by atoms with Crippen molar-refractivity contribution >= 4 is 23.4 Å². The summed E-state index contributed by atoms with van der Waals surface area (Å²) >= 11 is 0. The lowest BCUT2D eigenvalue weighted by Crippen LogP contribution is -2.53. The van der Waals surface area contributed by atoms with E-state index in [4.69, 9.17) is 0 Å². The first kappa shape index (κ1) is 24.7. The Bertz CT molecular complexity index is 1210. The number of anilines is 1. The number of urea groups is 1. The number of carbonyl (C=O) groups is 3. The van der Waals surface area contributed by atoms with Gasteiger partial charge in [0.15, 0.2) is 5.78 Å². The molecule has 3 amide bonds. The first-order valence-corrected chi connectivity index (χ1v) is 12.7. The number of rotatable bonds is 8. The summed E-state index contributed by atoms with van der Waals surface area (Å²) in [4.78, 5) is 44.4. The Morgan fingerprint density at radius 1 is 0.784 bits per heavy atom. The lowest BCUT2D eigenvalue weighted by molar-refractivity contribution is -0.132. The highest BCUT2D eigenvalue weighted by Crippen LogP contribution is 2.28. The van der Waals surface area contributed by atoms with Gasteiger partial charge < -0.3 is 10.2 Å². The summed E-state index contributed by atoms with van der Waals surface area (Å²) in [5.41, 5.74) is 2.79. The van der Waals surface area contributed by atoms with Crippen LogP contribution in [-0.2, 0) is 17.6 Å². The SMILES string of the molecule is CC(=O)c1ccc(N2CCN(CN3C(=O)NC(Cc4ccccc4)(Cc4ccccc4)C3=O)CC2)cc1. The highest BCUT2D eigenvalue weighted by atomic mass is 16.2. The van der Waals surface area contributed by atoms with Crippen LogP contribution in [-0.4, -0.2) is 65.9 Å². The monoisotopic (exact) mass is 496 g/mol. The molecule has 3 aromatic carbocycles. The van der Waals surface area contributed by atoms with Crippen molar-refractivity contribution in [2.24, 2.45) is 0 Å². The van der Waals surface area contributed by atoms with Gasteiger partial charge in [0.05, 0.1) is 6.67 Å². The molecule has 2 aliphatic rings. The minimum atomic E-state index is -1.01. The average Bonchev–Trinajstić information content (AvgIpc) is 3.14. The molecule has 0 bridgehead atoms. The van der Waals surface area contributed by atoms with Crippen LogP contribution in [0.1, 0.15) is 28.4 Å². The minimum absolute atomic E-state index is 0.0560. The molecule has 0 aromatic heterocycles. The van der Waals surface area contributed by atoms with Crippen LogP contribution in [0.4, 0.5) is 10.5 Å². The standard InChI is InChI=1S/C30H32N4O3/c1-23(35)26-12-14-27(15-13-26)33-18-16-32(17-19-33)22-34-28(36)30(31-29(34)37,20-24-8-4-2-5-9-24)21-25-10-6-3-7-11-25/h2-15H,16-22H2,1H3,(H,31,37). The summed E-state index contributed by atoms with van der Waals surface area (Å²) in [7, 11) is 0. The first-order valence-electron chi connectivity index (χ1n) is 12.7. The normalized spacial score (nSPS) is 17.6. The number of hydrogen-bond donors (Lipinski definition) is 1. The third-order valence-corrected chi connectivity index (χ3v) is 7.30. The maximum Gasteiger partial charge on any atom is 0.326 e. The predicted octanol–water partition coefficient (Wildman–Crippen LogP) is 3.74. The van der Waals surface area contributed by atoms with Crippen molar-refractivity contribution in [2.45, 2.75) is 25.3 Å². The summed E-state index contributed by atoms with van der Waals surface area (Å²) in [6.07, 6.45) is 0.877. The number of carbonyl (C=O) groups excluding carboxylic acids is 3. The van der Waals surface area contributed by atoms with Crippen LogP contribution in [0.25, 0.3) is 0 Å². The summed E-state index contributed by atoms with van der Waals surface area (Å²) in [5, 5.41) is 3.08. The van der Waals surface area contributed by atoms with E-state index in [0.717, 1.165) is 43.0 Å². The number of piperazine rings is 1. The molecule has 0 atom stereocenters. The molecule has 0 saturated carbocycles. The van der Waals surface area contributed by atoms with Crippen LogP contribution in [0.15, 0.2) is 84.9 Å². The maximum atomic E-state index is 13.9. The third-order valence-electron chi connectivity index (χ3n) is 7.30. The lowest BCUT2D eigenvalue weighted by Gasteiger charge is -2.37. The second-order valence-corrected chi connectivity index (χ2v) is 9.92. The van der Waals surface area contributed by atoms with E-state index in [-0.39, 0.29) is 24.4 Å².